The van der Waals surface area contributed by atoms with Gasteiger partial charge < -0.3 is 5.48 Å². The Labute approximate surface area is 48.8 Å². The average Bonchev–Trinajstić information content (AvgIpc) is 0.918. The summed E-state index contributed by atoms with van der Waals surface area (Å²) in [7, 11) is 0. The summed E-state index contributed by atoms with van der Waals surface area (Å²) in [6.45, 7) is 0. The van der Waals surface area contributed by atoms with Gasteiger partial charge in [-0.3, -0.25) is 0 Å². The van der Waals surface area contributed by atoms with Gasteiger partial charge in [-0.15, -0.1) is 0 Å². The van der Waals surface area contributed by atoms with Crippen molar-refractivity contribution in [2.75, 3.05) is 0 Å². The van der Waals surface area contributed by atoms with Crippen LogP contribution in [-0.4, -0.2) is 5.48 Å². The minimum absolute atomic E-state index is 0. The van der Waals surface area contributed by atoms with Crippen molar-refractivity contribution >= 4 is 0 Å². The Kier molecular flexibility index (Phi) is 72.7. The van der Waals surface area contributed by atoms with E-state index in [-0.39, 0.29) is 22.8 Å². The second kappa shape index (κ2) is 21.3. The number of hydrogen-bond acceptors (Lipinski definition) is 2. The van der Waals surface area contributed by atoms with Crippen molar-refractivity contribution in [2.45, 2.75) is 0 Å². The summed E-state index contributed by atoms with van der Waals surface area (Å²) in [4.78, 5) is 0. The molecule has 0 fully saturated rings. The molecule has 0 rings (SSSR count). The molecule has 0 aliphatic carbocycles. The summed E-state index contributed by atoms with van der Waals surface area (Å²) in [6, 6.07) is 0. The van der Waals surface area contributed by atoms with E-state index in [0.29, 0.717) is 0 Å². The molecule has 0 amide bonds. The van der Waals surface area contributed by atoms with Crippen LogP contribution in [0.25, 0.3) is 0 Å². The summed E-state index contributed by atoms with van der Waals surface area (Å²) in [5.74, 6) is 0. The van der Waals surface area contributed by atoms with E-state index >= 15 is 0 Å². The second-order valence-electron chi connectivity index (χ2n) is 0.0833. The average molecular weight is 150 g/mol. The Morgan fingerprint density at radius 1 is 1.20 bits per heavy atom. The molecule has 5 heavy (non-hydrogen) atoms. The zero-order valence-electron chi connectivity index (χ0n) is 2.22. The van der Waals surface area contributed by atoms with Crippen LogP contribution in [0.4, 0.5) is 0 Å². The summed E-state index contributed by atoms with van der Waals surface area (Å²) in [5, 5.41) is 0. The van der Waals surface area contributed by atoms with Gasteiger partial charge in [-0.25, -0.2) is 0 Å². The van der Waals surface area contributed by atoms with Gasteiger partial charge in [0.15, 0.2) is 0 Å². The van der Waals surface area contributed by atoms with E-state index in [4.69, 9.17) is 6.65 Å². The van der Waals surface area contributed by atoms with Crippen molar-refractivity contribution in [3.63, 3.8) is 0 Å². The van der Waals surface area contributed by atoms with Crippen LogP contribution in [-0.2, 0) is 43.1 Å². The third-order valence-corrected chi connectivity index (χ3v) is 0. The minimum atomic E-state index is -2.00. The third kappa shape index (κ3) is 58.2. The van der Waals surface area contributed by atoms with Crippen LogP contribution in [0.15, 0.2) is 0 Å². The van der Waals surface area contributed by atoms with Gasteiger partial charge in [-0.2, -0.15) is 0 Å². The van der Waals surface area contributed by atoms with Crippen LogP contribution in [0, 0.1) is 0 Å². The third-order valence-electron chi connectivity index (χ3n) is 0. The Morgan fingerprint density at radius 2 is 1.20 bits per heavy atom. The van der Waals surface area contributed by atoms with E-state index < -0.39 is 19.1 Å². The summed E-state index contributed by atoms with van der Waals surface area (Å²) >= 11 is -2.00. The fraction of sp³-hybridized carbons (Fsp3) is 0. The predicted octanol–water partition coefficient (Wildman–Crippen LogP) is -1.07. The Balaban J connectivity index is -0.0000000200. The monoisotopic (exact) mass is 150 g/mol. The molecule has 30 valence electrons. The van der Waals surface area contributed by atoms with Gasteiger partial charge in [0.05, 0.1) is 0 Å². The van der Waals surface area contributed by atoms with Crippen molar-refractivity contribution in [3.05, 3.63) is 0 Å². The molecule has 0 bridgehead atoms. The topological polar surface area (TPSA) is 65.6 Å². The first-order chi connectivity index (χ1) is 1.41. The molecule has 0 aliphatic rings. The summed E-state index contributed by atoms with van der Waals surface area (Å²) < 4.78 is 17.0. The molecule has 0 aliphatic heterocycles. The molecule has 0 atom stereocenters. The molecule has 0 aromatic rings. The van der Waals surface area contributed by atoms with E-state index in [1.807, 2.05) is 0 Å². The molecule has 0 heterocycles. The first kappa shape index (κ1) is 17.0. The Hall–Kier alpha value is 0.807. The summed E-state index contributed by atoms with van der Waals surface area (Å²) in [6.07, 6.45) is 0. The fourth-order valence-corrected chi connectivity index (χ4v) is 0. The zero-order valence-corrected chi connectivity index (χ0v) is 5.06. The van der Waals surface area contributed by atoms with Crippen molar-refractivity contribution in [1.29, 1.82) is 0 Å². The first-order valence-electron chi connectivity index (χ1n) is 0.408. The molecule has 3 nitrogen and oxygen atoms in total. The SMILES string of the molecule is O.[Cr].[O]=[Ti]=[O]. The van der Waals surface area contributed by atoms with Crippen LogP contribution in [0.2, 0.25) is 0 Å². The van der Waals surface area contributed by atoms with E-state index in [9.17, 15) is 0 Å². The molecule has 0 aromatic carbocycles. The second-order valence-corrected chi connectivity index (χ2v) is 0.344. The van der Waals surface area contributed by atoms with Crippen LogP contribution in [0.1, 0.15) is 0 Å². The molecule has 0 saturated heterocycles. The van der Waals surface area contributed by atoms with Gasteiger partial charge >= 0.3 is 25.7 Å². The molecule has 0 unspecified atom stereocenters. The van der Waals surface area contributed by atoms with E-state index in [2.05, 4.69) is 0 Å². The molecule has 0 saturated carbocycles. The molecular weight excluding hydrogens is 148 g/mol. The molecule has 0 aromatic heterocycles. The van der Waals surface area contributed by atoms with Gasteiger partial charge in [-0.1, -0.05) is 0 Å². The van der Waals surface area contributed by atoms with Crippen LogP contribution < -0.4 is 0 Å². The van der Waals surface area contributed by atoms with Gasteiger partial charge in [0.2, 0.25) is 0 Å². The van der Waals surface area contributed by atoms with Crippen molar-refractivity contribution in [2.24, 2.45) is 0 Å². The quantitative estimate of drug-likeness (QED) is 0.412. The number of hydrogen-bond donors (Lipinski definition) is 0. The van der Waals surface area contributed by atoms with E-state index in [1.54, 1.807) is 0 Å². The molecule has 5 heteroatoms. The number of rotatable bonds is 0. The van der Waals surface area contributed by atoms with Crippen molar-refractivity contribution in [1.82, 2.24) is 0 Å². The van der Waals surface area contributed by atoms with Crippen LogP contribution in [0.3, 0.4) is 0 Å². The van der Waals surface area contributed by atoms with Gasteiger partial charge in [0.25, 0.3) is 0 Å². The molecular formula is H2CrO3Ti. The van der Waals surface area contributed by atoms with E-state index in [1.165, 1.54) is 0 Å². The van der Waals surface area contributed by atoms with Crippen molar-refractivity contribution < 1.29 is 48.6 Å². The maximum atomic E-state index is 8.50. The zero-order chi connectivity index (χ0) is 2.71. The van der Waals surface area contributed by atoms with Gasteiger partial charge in [0, 0.05) is 17.4 Å². The molecule has 0 radical (unpaired) electrons. The fourth-order valence-electron chi connectivity index (χ4n) is 0. The van der Waals surface area contributed by atoms with E-state index in [0.717, 1.165) is 0 Å². The Morgan fingerprint density at radius 3 is 1.20 bits per heavy atom. The van der Waals surface area contributed by atoms with Gasteiger partial charge in [0.1, 0.15) is 0 Å². The standard InChI is InChI=1S/Cr.H2O.2O.Ti/h;1H2;;;. The van der Waals surface area contributed by atoms with Crippen LogP contribution in [0.5, 0.6) is 0 Å². The van der Waals surface area contributed by atoms with Gasteiger partial charge in [-0.05, 0) is 0 Å². The Bertz CT molecular complexity index is 27.9. The predicted molar refractivity (Wildman–Crippen MR) is 4.99 cm³/mol. The normalized spacial score (nSPS) is 1.60. The molecule has 2 N–H and O–H groups in total. The molecule has 0 spiro atoms. The van der Waals surface area contributed by atoms with Crippen molar-refractivity contribution in [3.8, 4) is 0 Å². The van der Waals surface area contributed by atoms with Crippen LogP contribution >= 0.6 is 0 Å². The maximum absolute atomic E-state index is 8.50. The summed E-state index contributed by atoms with van der Waals surface area (Å²) in [5.41, 5.74) is 0. The first-order valence-corrected chi connectivity index (χ1v) is 1.68.